The lowest BCUT2D eigenvalue weighted by Crippen LogP contribution is -2.57. The van der Waals surface area contributed by atoms with Crippen molar-refractivity contribution in [3.05, 3.63) is 46.7 Å². The van der Waals surface area contributed by atoms with Gasteiger partial charge in [0.05, 0.1) is 4.88 Å². The Morgan fingerprint density at radius 1 is 1.00 bits per heavy atom. The number of piperidine rings is 1. The molecule has 0 saturated carbocycles. The molecule has 2 atom stereocenters. The quantitative estimate of drug-likeness (QED) is 0.745. The topological polar surface area (TPSA) is 97.0 Å². The van der Waals surface area contributed by atoms with E-state index in [1.54, 1.807) is 29.2 Å². The van der Waals surface area contributed by atoms with Crippen LogP contribution in [0.5, 0.6) is 11.5 Å². The summed E-state index contributed by atoms with van der Waals surface area (Å²) in [6, 6.07) is 10.0. The Balaban J connectivity index is 1.34. The molecule has 0 aliphatic carbocycles. The van der Waals surface area contributed by atoms with Crippen molar-refractivity contribution in [3.63, 3.8) is 0 Å². The van der Waals surface area contributed by atoms with Crippen LogP contribution in [0.2, 0.25) is 0 Å². The molecule has 1 aromatic heterocycles. The molecule has 2 aromatic rings. The minimum atomic E-state index is -0.875. The Hall–Kier alpha value is -3.07. The number of rotatable bonds is 3. The Morgan fingerprint density at radius 2 is 1.79 bits per heavy atom. The smallest absolute Gasteiger partial charge is 0.283 e. The molecule has 2 aliphatic heterocycles. The average molecular weight is 415 g/mol. The largest absolute Gasteiger partial charge is 0.485 e. The highest BCUT2D eigenvalue weighted by Gasteiger charge is 2.34. The molecule has 1 saturated heterocycles. The lowest BCUT2D eigenvalue weighted by atomic mass is 10.0. The van der Waals surface area contributed by atoms with Crippen LogP contribution >= 0.6 is 11.3 Å². The van der Waals surface area contributed by atoms with E-state index in [1.807, 2.05) is 17.5 Å². The van der Waals surface area contributed by atoms with Gasteiger partial charge in [0.2, 0.25) is 6.10 Å². The molecule has 0 radical (unpaired) electrons. The molecule has 2 N–H and O–H groups in total. The van der Waals surface area contributed by atoms with E-state index in [1.165, 1.54) is 11.3 Å². The van der Waals surface area contributed by atoms with E-state index in [-0.39, 0.29) is 12.5 Å². The predicted octanol–water partition coefficient (Wildman–Crippen LogP) is 1.73. The molecule has 152 valence electrons. The van der Waals surface area contributed by atoms with Gasteiger partial charge >= 0.3 is 0 Å². The SMILES string of the molecule is O=C(NNC(=O)C1CCCCN1C(=O)c1cccs1)C1COc2ccccc2O1. The van der Waals surface area contributed by atoms with Crippen LogP contribution in [0.3, 0.4) is 0 Å². The number of para-hydroxylation sites is 2. The van der Waals surface area contributed by atoms with E-state index in [9.17, 15) is 14.4 Å². The van der Waals surface area contributed by atoms with Gasteiger partial charge < -0.3 is 14.4 Å². The summed E-state index contributed by atoms with van der Waals surface area (Å²) in [5.41, 5.74) is 4.83. The summed E-state index contributed by atoms with van der Waals surface area (Å²) in [6.07, 6.45) is 1.37. The number of thiophene rings is 1. The van der Waals surface area contributed by atoms with E-state index in [2.05, 4.69) is 10.9 Å². The van der Waals surface area contributed by atoms with Crippen molar-refractivity contribution in [2.24, 2.45) is 0 Å². The minimum Gasteiger partial charge on any atom is -0.485 e. The van der Waals surface area contributed by atoms with Crippen LogP contribution in [0.25, 0.3) is 0 Å². The van der Waals surface area contributed by atoms with Crippen molar-refractivity contribution in [1.82, 2.24) is 15.8 Å². The summed E-state index contributed by atoms with van der Waals surface area (Å²) in [6.45, 7) is 0.560. The number of carbonyl (C=O) groups excluding carboxylic acids is 3. The number of fused-ring (bicyclic) bond motifs is 1. The number of hydrazine groups is 1. The van der Waals surface area contributed by atoms with Gasteiger partial charge in [-0.2, -0.15) is 0 Å². The predicted molar refractivity (Wildman–Crippen MR) is 106 cm³/mol. The summed E-state index contributed by atoms with van der Waals surface area (Å²) in [7, 11) is 0. The zero-order valence-electron chi connectivity index (χ0n) is 15.6. The van der Waals surface area contributed by atoms with Crippen molar-refractivity contribution in [2.45, 2.75) is 31.4 Å². The van der Waals surface area contributed by atoms with Gasteiger partial charge in [-0.05, 0) is 42.8 Å². The van der Waals surface area contributed by atoms with Crippen LogP contribution in [-0.4, -0.2) is 47.9 Å². The van der Waals surface area contributed by atoms with Crippen molar-refractivity contribution in [2.75, 3.05) is 13.2 Å². The highest BCUT2D eigenvalue weighted by atomic mass is 32.1. The van der Waals surface area contributed by atoms with E-state index in [0.717, 1.165) is 12.8 Å². The fourth-order valence-corrected chi connectivity index (χ4v) is 4.10. The van der Waals surface area contributed by atoms with Gasteiger partial charge in [-0.25, -0.2) is 0 Å². The number of nitrogens with one attached hydrogen (secondary N) is 2. The molecule has 1 fully saturated rings. The van der Waals surface area contributed by atoms with Gasteiger partial charge in [0.15, 0.2) is 11.5 Å². The molecule has 2 aliphatic rings. The summed E-state index contributed by atoms with van der Waals surface area (Å²) in [4.78, 5) is 40.0. The number of likely N-dealkylation sites (tertiary alicyclic amines) is 1. The van der Waals surface area contributed by atoms with E-state index >= 15 is 0 Å². The molecular weight excluding hydrogens is 394 g/mol. The first-order chi connectivity index (χ1) is 14.1. The highest BCUT2D eigenvalue weighted by Crippen LogP contribution is 2.30. The number of hydrogen-bond acceptors (Lipinski definition) is 6. The molecule has 0 bridgehead atoms. The van der Waals surface area contributed by atoms with Crippen LogP contribution in [0, 0.1) is 0 Å². The van der Waals surface area contributed by atoms with Crippen LogP contribution in [0.15, 0.2) is 41.8 Å². The Labute approximate surface area is 171 Å². The Morgan fingerprint density at radius 3 is 2.59 bits per heavy atom. The summed E-state index contributed by atoms with van der Waals surface area (Å²) in [5.74, 6) is -0.0394. The lowest BCUT2D eigenvalue weighted by Gasteiger charge is -2.34. The third-order valence-corrected chi connectivity index (χ3v) is 5.77. The van der Waals surface area contributed by atoms with Crippen LogP contribution in [-0.2, 0) is 9.59 Å². The van der Waals surface area contributed by atoms with E-state index < -0.39 is 24.0 Å². The zero-order valence-corrected chi connectivity index (χ0v) is 16.4. The number of amides is 3. The number of hydrogen-bond donors (Lipinski definition) is 2. The van der Waals surface area contributed by atoms with Crippen LogP contribution in [0.4, 0.5) is 0 Å². The average Bonchev–Trinajstić information content (AvgIpc) is 3.31. The van der Waals surface area contributed by atoms with Crippen molar-refractivity contribution in [3.8, 4) is 11.5 Å². The fourth-order valence-electron chi connectivity index (χ4n) is 3.42. The normalized spacial score (nSPS) is 20.6. The second kappa shape index (κ2) is 8.52. The number of benzene rings is 1. The summed E-state index contributed by atoms with van der Waals surface area (Å²) in [5, 5.41) is 1.83. The second-order valence-electron chi connectivity index (χ2n) is 6.83. The van der Waals surface area contributed by atoms with Crippen molar-refractivity contribution < 1.29 is 23.9 Å². The highest BCUT2D eigenvalue weighted by molar-refractivity contribution is 7.12. The summed E-state index contributed by atoms with van der Waals surface area (Å²) >= 11 is 1.35. The van der Waals surface area contributed by atoms with E-state index in [4.69, 9.17) is 9.47 Å². The van der Waals surface area contributed by atoms with Gasteiger partial charge in [-0.1, -0.05) is 18.2 Å². The lowest BCUT2D eigenvalue weighted by molar-refractivity contribution is -0.136. The van der Waals surface area contributed by atoms with Gasteiger partial charge in [0.25, 0.3) is 17.7 Å². The van der Waals surface area contributed by atoms with Gasteiger partial charge in [-0.3, -0.25) is 25.2 Å². The first-order valence-electron chi connectivity index (χ1n) is 9.46. The molecule has 2 unspecified atom stereocenters. The third kappa shape index (κ3) is 4.19. The van der Waals surface area contributed by atoms with Gasteiger partial charge in [0.1, 0.15) is 12.6 Å². The van der Waals surface area contributed by atoms with Gasteiger partial charge in [0, 0.05) is 6.54 Å². The standard InChI is InChI=1S/C20H21N3O5S/c24-18(13-6-3-4-10-23(13)20(26)17-9-5-11-29-17)21-22-19(25)16-12-27-14-7-1-2-8-15(14)28-16/h1-2,5,7-9,11,13,16H,3-4,6,10,12H2,(H,21,24)(H,22,25). The van der Waals surface area contributed by atoms with Crippen LogP contribution in [0.1, 0.15) is 28.9 Å². The third-order valence-electron chi connectivity index (χ3n) is 4.91. The Kier molecular flexibility index (Phi) is 5.66. The van der Waals surface area contributed by atoms with Crippen molar-refractivity contribution in [1.29, 1.82) is 0 Å². The first kappa shape index (κ1) is 19.3. The van der Waals surface area contributed by atoms with Crippen LogP contribution < -0.4 is 20.3 Å². The van der Waals surface area contributed by atoms with Gasteiger partial charge in [-0.15, -0.1) is 11.3 Å². The first-order valence-corrected chi connectivity index (χ1v) is 10.3. The maximum atomic E-state index is 12.7. The summed E-state index contributed by atoms with van der Waals surface area (Å²) < 4.78 is 11.1. The molecule has 4 rings (SSSR count). The fraction of sp³-hybridized carbons (Fsp3) is 0.350. The minimum absolute atomic E-state index is 0.0468. The molecule has 1 aromatic carbocycles. The number of carbonyl (C=O) groups is 3. The molecule has 29 heavy (non-hydrogen) atoms. The molecule has 3 heterocycles. The Bertz CT molecular complexity index is 901. The number of nitrogens with zero attached hydrogens (tertiary/aromatic N) is 1. The monoisotopic (exact) mass is 415 g/mol. The molecule has 3 amide bonds. The molecule has 0 spiro atoms. The second-order valence-corrected chi connectivity index (χ2v) is 7.78. The molecule has 9 heteroatoms. The maximum absolute atomic E-state index is 12.7. The molecule has 8 nitrogen and oxygen atoms in total. The van der Waals surface area contributed by atoms with Crippen molar-refractivity contribution >= 4 is 29.1 Å². The zero-order chi connectivity index (χ0) is 20.2. The molecular formula is C20H21N3O5S. The number of ether oxygens (including phenoxy) is 2. The van der Waals surface area contributed by atoms with E-state index in [0.29, 0.717) is 29.3 Å². The maximum Gasteiger partial charge on any atom is 0.283 e.